The maximum atomic E-state index is 13.5. The van der Waals surface area contributed by atoms with E-state index < -0.39 is 44.9 Å². The Morgan fingerprint density at radius 2 is 1.43 bits per heavy atom. The monoisotopic (exact) mass is 592 g/mol. The Morgan fingerprint density at radius 3 is 1.89 bits per heavy atom. The van der Waals surface area contributed by atoms with E-state index in [0.717, 1.165) is 32.1 Å². The average Bonchev–Trinajstić information content (AvgIpc) is 3.42. The van der Waals surface area contributed by atoms with Gasteiger partial charge in [0.05, 0.1) is 17.8 Å². The van der Waals surface area contributed by atoms with Crippen LogP contribution in [0.15, 0.2) is 0 Å². The van der Waals surface area contributed by atoms with E-state index >= 15 is 0 Å². The highest BCUT2D eigenvalue weighted by atomic mass is 31.3. The second-order valence-corrected chi connectivity index (χ2v) is 16.9. The van der Waals surface area contributed by atoms with Gasteiger partial charge in [-0.2, -0.15) is 4.31 Å². The molecule has 2 rings (SSSR count). The summed E-state index contributed by atoms with van der Waals surface area (Å²) in [5, 5.41) is 6.53. The van der Waals surface area contributed by atoms with Gasteiger partial charge in [-0.3, -0.25) is 13.6 Å². The first kappa shape index (κ1) is 33.6. The molecule has 0 spiro atoms. The molecule has 1 saturated heterocycles. The van der Waals surface area contributed by atoms with Gasteiger partial charge in [-0.25, -0.2) is 9.13 Å². The minimum atomic E-state index is -5.42. The van der Waals surface area contributed by atoms with E-state index in [4.69, 9.17) is 13.8 Å². The summed E-state index contributed by atoms with van der Waals surface area (Å²) >= 11 is 0. The number of phosphoric ester groups is 2. The molecular weight excluding hydrogens is 545 g/mol. The van der Waals surface area contributed by atoms with Crippen LogP contribution in [-0.4, -0.2) is 48.3 Å². The van der Waals surface area contributed by atoms with Gasteiger partial charge >= 0.3 is 15.6 Å². The molecule has 0 aromatic rings. The van der Waals surface area contributed by atoms with E-state index in [-0.39, 0.29) is 38.2 Å². The highest BCUT2D eigenvalue weighted by Crippen LogP contribution is 2.73. The molecule has 1 saturated carbocycles. The molecule has 6 atom stereocenters. The fraction of sp³-hybridized carbons (Fsp3) is 1.00. The predicted molar refractivity (Wildman–Crippen MR) is 140 cm³/mol. The summed E-state index contributed by atoms with van der Waals surface area (Å²) in [5.41, 5.74) is -1.33. The Kier molecular flexibility index (Phi) is 10.6. The third-order valence-electron chi connectivity index (χ3n) is 8.80. The molecule has 37 heavy (non-hydrogen) atoms. The molecule has 2 fully saturated rings. The number of rotatable bonds is 14. The summed E-state index contributed by atoms with van der Waals surface area (Å²) in [6, 6.07) is 0. The molecule has 0 aromatic heterocycles. The topological polar surface area (TPSA) is 169 Å². The summed E-state index contributed by atoms with van der Waals surface area (Å²) in [5.74, 6) is 0.361. The quantitative estimate of drug-likeness (QED) is 0.167. The Balaban J connectivity index is 2.17. The van der Waals surface area contributed by atoms with Gasteiger partial charge in [-0.1, -0.05) is 47.5 Å². The summed E-state index contributed by atoms with van der Waals surface area (Å²) in [7, 11) is -15.3. The molecule has 4 unspecified atom stereocenters. The summed E-state index contributed by atoms with van der Waals surface area (Å²) in [6.07, 6.45) is 4.43. The molecule has 11 nitrogen and oxygen atoms in total. The van der Waals surface area contributed by atoms with Gasteiger partial charge in [0.2, 0.25) is 0 Å². The zero-order valence-corrected chi connectivity index (χ0v) is 25.9. The van der Waals surface area contributed by atoms with Crippen molar-refractivity contribution in [2.75, 3.05) is 6.61 Å². The first-order valence-electron chi connectivity index (χ1n) is 13.3. The highest BCUT2D eigenvalue weighted by molar-refractivity contribution is 7.63. The Hall–Kier alpha value is 0.370. The number of hydrogen-bond acceptors (Lipinski definition) is 8. The minimum Gasteiger partial charge on any atom is -0.380 e. The van der Waals surface area contributed by atoms with Crippen molar-refractivity contribution in [3.05, 3.63) is 0 Å². The number of ether oxygens (including phenoxy) is 1. The molecule has 1 heterocycles. The number of phosphoric acid groups is 2. The van der Waals surface area contributed by atoms with Gasteiger partial charge in [0.25, 0.3) is 7.37 Å². The van der Waals surface area contributed by atoms with E-state index in [1.165, 1.54) is 27.7 Å². The summed E-state index contributed by atoms with van der Waals surface area (Å²) in [6.45, 7) is 11.3. The molecule has 0 amide bonds. The van der Waals surface area contributed by atoms with Crippen molar-refractivity contribution in [2.24, 2.45) is 11.8 Å². The van der Waals surface area contributed by atoms with E-state index in [1.54, 1.807) is 6.92 Å². The van der Waals surface area contributed by atoms with Gasteiger partial charge in [0.15, 0.2) is 5.34 Å². The van der Waals surface area contributed by atoms with Crippen LogP contribution in [0.3, 0.4) is 0 Å². The average molecular weight is 593 g/mol. The zero-order chi connectivity index (χ0) is 28.6. The van der Waals surface area contributed by atoms with Crippen LogP contribution in [0.5, 0.6) is 0 Å². The van der Waals surface area contributed by atoms with E-state index in [0.29, 0.717) is 5.92 Å². The Morgan fingerprint density at radius 1 is 0.919 bits per heavy atom. The molecule has 14 heteroatoms. The molecule has 0 aromatic carbocycles. The van der Waals surface area contributed by atoms with Crippen molar-refractivity contribution in [1.82, 2.24) is 0 Å². The van der Waals surface area contributed by atoms with Crippen LogP contribution in [0.1, 0.15) is 106 Å². The van der Waals surface area contributed by atoms with Gasteiger partial charge in [-0.15, -0.1) is 0 Å². The van der Waals surface area contributed by atoms with E-state index in [2.05, 4.69) is 4.31 Å². The van der Waals surface area contributed by atoms with E-state index in [1.807, 2.05) is 13.8 Å². The van der Waals surface area contributed by atoms with Gasteiger partial charge in [0, 0.05) is 0 Å². The summed E-state index contributed by atoms with van der Waals surface area (Å²) < 4.78 is 60.4. The molecule has 0 radical (unpaired) electrons. The van der Waals surface area contributed by atoms with Crippen molar-refractivity contribution in [1.29, 1.82) is 0 Å². The van der Waals surface area contributed by atoms with Crippen LogP contribution >= 0.6 is 23.0 Å². The van der Waals surface area contributed by atoms with Crippen LogP contribution < -0.4 is 0 Å². The number of aliphatic hydroxyl groups is 1. The lowest BCUT2D eigenvalue weighted by molar-refractivity contribution is -0.136. The number of hydrogen-bond donors (Lipinski definition) is 4. The van der Waals surface area contributed by atoms with Crippen molar-refractivity contribution in [3.8, 4) is 0 Å². The SMILES string of the molecule is CCC(O)(CC)P(=O)(O)C(CC)(CC)OP(=O)(O)OP(=O)(O)OCC1(C)O[C@@](C)(C2CCCC2)C[C@@H]1C. The van der Waals surface area contributed by atoms with Crippen LogP contribution in [0.4, 0.5) is 0 Å². The lowest BCUT2D eigenvalue weighted by atomic mass is 9.81. The van der Waals surface area contributed by atoms with Crippen LogP contribution in [0.25, 0.3) is 0 Å². The van der Waals surface area contributed by atoms with Gasteiger partial charge < -0.3 is 24.5 Å². The minimum absolute atomic E-state index is 0.0239. The maximum Gasteiger partial charge on any atom is 0.482 e. The maximum absolute atomic E-state index is 13.5. The lowest BCUT2D eigenvalue weighted by Crippen LogP contribution is -2.41. The fourth-order valence-corrected chi connectivity index (χ4v) is 11.7. The largest absolute Gasteiger partial charge is 0.482 e. The fourth-order valence-electron chi connectivity index (χ4n) is 5.97. The predicted octanol–water partition coefficient (Wildman–Crippen LogP) is 6.30. The molecule has 220 valence electrons. The molecular formula is C23H47O11P3. The summed E-state index contributed by atoms with van der Waals surface area (Å²) in [4.78, 5) is 31.7. The highest BCUT2D eigenvalue weighted by Gasteiger charge is 2.61. The van der Waals surface area contributed by atoms with Gasteiger partial charge in [0.1, 0.15) is 5.34 Å². The van der Waals surface area contributed by atoms with Crippen LogP contribution in [0, 0.1) is 11.8 Å². The third-order valence-corrected chi connectivity index (χ3v) is 15.2. The first-order valence-corrected chi connectivity index (χ1v) is 17.9. The van der Waals surface area contributed by atoms with Crippen molar-refractivity contribution < 1.29 is 51.6 Å². The molecule has 0 bridgehead atoms. The second-order valence-electron chi connectivity index (χ2n) is 11.1. The molecule has 1 aliphatic carbocycles. The van der Waals surface area contributed by atoms with Crippen LogP contribution in [0.2, 0.25) is 0 Å². The second kappa shape index (κ2) is 11.7. The lowest BCUT2D eigenvalue weighted by Gasteiger charge is -2.43. The van der Waals surface area contributed by atoms with Crippen molar-refractivity contribution in [3.63, 3.8) is 0 Å². The Bertz CT molecular complexity index is 929. The zero-order valence-electron chi connectivity index (χ0n) is 23.2. The van der Waals surface area contributed by atoms with Crippen LogP contribution in [-0.2, 0) is 31.8 Å². The molecule has 2 aliphatic rings. The standard InChI is InChI=1S/C23H47O11P3/c1-8-22(24,9-2)35(25,26)23(10-3,11-4)33-37(29,30)34-36(27,28)31-17-21(7)18(5)16-20(6,32-21)19-14-12-13-15-19/h18-19,24H,8-17H2,1-7H3,(H,25,26)(H,27,28)(H,29,30)/t18-,20+,21?/m0/s1. The first-order chi connectivity index (χ1) is 16.8. The molecule has 4 N–H and O–H groups in total. The Labute approximate surface area is 221 Å². The van der Waals surface area contributed by atoms with Crippen molar-refractivity contribution in [2.45, 2.75) is 128 Å². The van der Waals surface area contributed by atoms with Crippen molar-refractivity contribution >= 4 is 23.0 Å². The van der Waals surface area contributed by atoms with Gasteiger partial charge in [-0.05, 0) is 70.6 Å². The van der Waals surface area contributed by atoms with E-state index in [9.17, 15) is 33.5 Å². The smallest absolute Gasteiger partial charge is 0.380 e. The molecule has 1 aliphatic heterocycles. The third kappa shape index (κ3) is 6.82. The normalized spacial score (nSPS) is 32.7.